The number of aryl methyl sites for hydroxylation is 1. The van der Waals surface area contributed by atoms with Gasteiger partial charge in [-0.05, 0) is 51.0 Å². The smallest absolute Gasteiger partial charge is 0.412 e. The number of carbonyl (C=O) groups excluding carboxylic acids is 1. The van der Waals surface area contributed by atoms with E-state index in [4.69, 9.17) is 13.8 Å². The Labute approximate surface area is 213 Å². The van der Waals surface area contributed by atoms with Gasteiger partial charge in [-0.3, -0.25) is 0 Å². The molecule has 1 amide bonds. The summed E-state index contributed by atoms with van der Waals surface area (Å²) >= 11 is 0. The molecule has 0 aliphatic heterocycles. The first-order valence-electron chi connectivity index (χ1n) is 11.7. The first-order valence-corrected chi connectivity index (χ1v) is 13.1. The van der Waals surface area contributed by atoms with Gasteiger partial charge in [0.1, 0.15) is 19.2 Å². The van der Waals surface area contributed by atoms with E-state index in [0.717, 1.165) is 16.7 Å². The molecule has 36 heavy (non-hydrogen) atoms. The molecule has 0 radical (unpaired) electrons. The van der Waals surface area contributed by atoms with E-state index in [1.807, 2.05) is 61.5 Å². The number of hydrogen-bond acceptors (Lipinski definition) is 6. The van der Waals surface area contributed by atoms with Crippen molar-refractivity contribution in [1.29, 1.82) is 0 Å². The van der Waals surface area contributed by atoms with Crippen LogP contribution >= 0.6 is 0 Å². The molecular weight excluding hydrogens is 478 g/mol. The van der Waals surface area contributed by atoms with Crippen LogP contribution in [0.4, 0.5) is 4.79 Å². The highest BCUT2D eigenvalue weighted by atomic mass is 32.2. The van der Waals surface area contributed by atoms with Crippen molar-refractivity contribution in [3.8, 4) is 0 Å². The average Bonchev–Trinajstić information content (AvgIpc) is 2.80. The number of hydrogen-bond donors (Lipinski definition) is 0. The lowest BCUT2D eigenvalue weighted by atomic mass is 10.1. The molecule has 0 N–H and O–H groups in total. The molecule has 0 saturated carbocycles. The van der Waals surface area contributed by atoms with Crippen molar-refractivity contribution in [2.45, 2.75) is 58.0 Å². The second-order valence-corrected chi connectivity index (χ2v) is 11.4. The van der Waals surface area contributed by atoms with Crippen molar-refractivity contribution >= 4 is 16.2 Å². The minimum atomic E-state index is -4.25. The van der Waals surface area contributed by atoms with Gasteiger partial charge in [0, 0.05) is 5.56 Å². The molecule has 192 valence electrons. The van der Waals surface area contributed by atoms with Gasteiger partial charge in [-0.25, -0.2) is 0 Å². The third-order valence-electron chi connectivity index (χ3n) is 5.24. The number of benzene rings is 3. The van der Waals surface area contributed by atoms with E-state index in [2.05, 4.69) is 0 Å². The maximum atomic E-state index is 13.1. The van der Waals surface area contributed by atoms with Crippen LogP contribution < -0.4 is 0 Å². The summed E-state index contributed by atoms with van der Waals surface area (Å²) < 4.78 is 42.0. The Hall–Kier alpha value is -3.04. The first kappa shape index (κ1) is 27.5. The average molecular weight is 513 g/mol. The molecule has 1 unspecified atom stereocenters. The third kappa shape index (κ3) is 7.99. The Morgan fingerprint density at radius 2 is 1.33 bits per heavy atom. The van der Waals surface area contributed by atoms with Crippen LogP contribution in [-0.2, 0) is 43.6 Å². The molecule has 0 aromatic heterocycles. The topological polar surface area (TPSA) is 78.9 Å². The standard InChI is InChI=1S/C28H34NO6S/c1-22-11-17-26(18-12-22)36(31,32)35-29(5,27(30)34-28(2,3)4)19-23-13-15-25(16-14-23)21-33-20-24-9-7-6-8-10-24/h6-18H,19-21H2,1-5H3/q+1. The van der Waals surface area contributed by atoms with Crippen LogP contribution in [-0.4, -0.2) is 31.8 Å². The quantitative estimate of drug-likeness (QED) is 0.262. The Bertz CT molecular complexity index is 1250. The first-order chi connectivity index (χ1) is 16.9. The Morgan fingerprint density at radius 1 is 0.806 bits per heavy atom. The van der Waals surface area contributed by atoms with Crippen LogP contribution in [0, 0.1) is 6.92 Å². The summed E-state index contributed by atoms with van der Waals surface area (Å²) in [6, 6.07) is 23.6. The van der Waals surface area contributed by atoms with Crippen molar-refractivity contribution in [3.63, 3.8) is 0 Å². The summed E-state index contributed by atoms with van der Waals surface area (Å²) in [5, 5.41) is 0. The Morgan fingerprint density at radius 3 is 1.89 bits per heavy atom. The molecule has 0 aliphatic rings. The van der Waals surface area contributed by atoms with Gasteiger partial charge in [-0.15, -0.1) is 0 Å². The van der Waals surface area contributed by atoms with Crippen molar-refractivity contribution in [2.24, 2.45) is 0 Å². The van der Waals surface area contributed by atoms with Gasteiger partial charge in [0.2, 0.25) is 0 Å². The van der Waals surface area contributed by atoms with Crippen molar-refractivity contribution < 1.29 is 31.6 Å². The summed E-state index contributed by atoms with van der Waals surface area (Å²) in [7, 11) is -2.86. The number of carbonyl (C=O) groups is 1. The van der Waals surface area contributed by atoms with E-state index < -0.39 is 26.5 Å². The van der Waals surface area contributed by atoms with Crippen LogP contribution in [0.25, 0.3) is 0 Å². The zero-order chi connectivity index (χ0) is 26.4. The van der Waals surface area contributed by atoms with Gasteiger partial charge in [-0.1, -0.05) is 81.2 Å². The fourth-order valence-electron chi connectivity index (χ4n) is 3.39. The highest BCUT2D eigenvalue weighted by molar-refractivity contribution is 7.86. The van der Waals surface area contributed by atoms with Gasteiger partial charge >= 0.3 is 16.2 Å². The van der Waals surface area contributed by atoms with Crippen LogP contribution in [0.15, 0.2) is 83.8 Å². The molecule has 1 atom stereocenters. The molecule has 3 rings (SSSR count). The van der Waals surface area contributed by atoms with Gasteiger partial charge in [0.15, 0.2) is 0 Å². The van der Waals surface area contributed by atoms with E-state index >= 15 is 0 Å². The lowest BCUT2D eigenvalue weighted by Crippen LogP contribution is -2.51. The van der Waals surface area contributed by atoms with Crippen LogP contribution in [0.2, 0.25) is 0 Å². The van der Waals surface area contributed by atoms with Crippen molar-refractivity contribution in [3.05, 3.63) is 101 Å². The van der Waals surface area contributed by atoms with E-state index in [-0.39, 0.29) is 11.4 Å². The van der Waals surface area contributed by atoms with Gasteiger partial charge in [0.05, 0.1) is 18.1 Å². The molecule has 3 aromatic rings. The molecule has 0 heterocycles. The molecular formula is C28H34NO6S+. The summed E-state index contributed by atoms with van der Waals surface area (Å²) in [5.41, 5.74) is 2.83. The minimum Gasteiger partial charge on any atom is -0.412 e. The summed E-state index contributed by atoms with van der Waals surface area (Å²) in [4.78, 5) is 13.1. The zero-order valence-corrected chi connectivity index (χ0v) is 22.2. The molecule has 8 heteroatoms. The molecule has 0 spiro atoms. The number of ether oxygens (including phenoxy) is 2. The van der Waals surface area contributed by atoms with E-state index in [9.17, 15) is 13.2 Å². The molecule has 0 fully saturated rings. The summed E-state index contributed by atoms with van der Waals surface area (Å²) in [6.07, 6.45) is -0.812. The summed E-state index contributed by atoms with van der Waals surface area (Å²) in [6.45, 7) is 7.88. The third-order valence-corrected chi connectivity index (χ3v) is 6.61. The number of amides is 1. The Balaban J connectivity index is 1.76. The predicted octanol–water partition coefficient (Wildman–Crippen LogP) is 5.91. The monoisotopic (exact) mass is 512 g/mol. The molecule has 7 nitrogen and oxygen atoms in total. The summed E-state index contributed by atoms with van der Waals surface area (Å²) in [5.74, 6) is 0. The second-order valence-electron chi connectivity index (χ2n) is 9.88. The molecule has 0 bridgehead atoms. The van der Waals surface area contributed by atoms with Crippen LogP contribution in [0.1, 0.15) is 43.0 Å². The lowest BCUT2D eigenvalue weighted by molar-refractivity contribution is -1.01. The predicted molar refractivity (Wildman–Crippen MR) is 137 cm³/mol. The van der Waals surface area contributed by atoms with Gasteiger partial charge in [-0.2, -0.15) is 13.2 Å². The van der Waals surface area contributed by atoms with Crippen LogP contribution in [0.3, 0.4) is 0 Å². The maximum Gasteiger partial charge on any atom is 0.551 e. The Kier molecular flexibility index (Phi) is 8.68. The lowest BCUT2D eigenvalue weighted by Gasteiger charge is -2.29. The molecule has 0 saturated heterocycles. The number of hydroxylamine groups is 3. The fraction of sp³-hybridized carbons (Fsp3) is 0.321. The normalized spacial score (nSPS) is 13.7. The molecule has 3 aromatic carbocycles. The van der Waals surface area contributed by atoms with E-state index in [1.165, 1.54) is 19.2 Å². The van der Waals surface area contributed by atoms with Gasteiger partial charge < -0.3 is 9.47 Å². The van der Waals surface area contributed by atoms with Crippen molar-refractivity contribution in [2.75, 3.05) is 7.05 Å². The SMILES string of the molecule is Cc1ccc(S(=O)(=O)O[N+](C)(Cc2ccc(COCc3ccccc3)cc2)C(=O)OC(C)(C)C)cc1. The zero-order valence-electron chi connectivity index (χ0n) is 21.4. The maximum absolute atomic E-state index is 13.1. The number of quaternary nitrogens is 1. The minimum absolute atomic E-state index is 0.0353. The number of nitrogens with zero attached hydrogens (tertiary/aromatic N) is 1. The van der Waals surface area contributed by atoms with E-state index in [1.54, 1.807) is 32.9 Å². The highest BCUT2D eigenvalue weighted by Crippen LogP contribution is 2.25. The van der Waals surface area contributed by atoms with Crippen LogP contribution in [0.5, 0.6) is 0 Å². The second kappa shape index (κ2) is 11.3. The molecule has 0 aliphatic carbocycles. The number of rotatable bonds is 9. The fourth-order valence-corrected chi connectivity index (χ4v) is 4.50. The largest absolute Gasteiger partial charge is 0.551 e. The highest BCUT2D eigenvalue weighted by Gasteiger charge is 2.44. The van der Waals surface area contributed by atoms with Gasteiger partial charge in [0.25, 0.3) is 0 Å². The van der Waals surface area contributed by atoms with E-state index in [0.29, 0.717) is 18.8 Å². The van der Waals surface area contributed by atoms with Crippen molar-refractivity contribution in [1.82, 2.24) is 0 Å².